The molecule has 0 bridgehead atoms. The molecule has 1 amide bonds. The number of benzene rings is 1. The Balaban J connectivity index is 0.00000200. The molecule has 1 aromatic rings. The zero-order chi connectivity index (χ0) is 14.0. The Kier molecular flexibility index (Phi) is 6.45. The fourth-order valence-electron chi connectivity index (χ4n) is 2.68. The van der Waals surface area contributed by atoms with E-state index in [1.807, 2.05) is 6.92 Å². The van der Waals surface area contributed by atoms with Gasteiger partial charge in [0.15, 0.2) is 0 Å². The van der Waals surface area contributed by atoms with Gasteiger partial charge in [-0.3, -0.25) is 0 Å². The van der Waals surface area contributed by atoms with E-state index >= 15 is 0 Å². The standard InChI is InChI=1S/C14H18FNO3.Na.H/c1-9-8-16(14(17)18)12(7-13(9)19-2)10-3-5-11(15)6-4-10;;/h3-6,9,12-13H,7-8H2,1-2H3,(H,17,18);;/t9-,12-,13?;;/m1../s1. The van der Waals surface area contributed by atoms with Gasteiger partial charge in [-0.2, -0.15) is 0 Å². The SMILES string of the molecule is COC1C[C@H](c2ccc(F)cc2)N(C(=O)O)C[C@H]1C.[NaH]. The molecule has 0 aliphatic carbocycles. The second kappa shape index (κ2) is 7.41. The van der Waals surface area contributed by atoms with Crippen molar-refractivity contribution in [3.8, 4) is 0 Å². The summed E-state index contributed by atoms with van der Waals surface area (Å²) in [7, 11) is 1.64. The molecule has 1 unspecified atom stereocenters. The monoisotopic (exact) mass is 291 g/mol. The Morgan fingerprint density at radius 3 is 2.50 bits per heavy atom. The first-order valence-corrected chi connectivity index (χ1v) is 6.30. The molecule has 0 aromatic heterocycles. The van der Waals surface area contributed by atoms with Crippen molar-refractivity contribution in [2.75, 3.05) is 13.7 Å². The van der Waals surface area contributed by atoms with Crippen LogP contribution in [0.2, 0.25) is 0 Å². The van der Waals surface area contributed by atoms with Gasteiger partial charge in [0.1, 0.15) is 5.82 Å². The first-order chi connectivity index (χ1) is 9.02. The van der Waals surface area contributed by atoms with Gasteiger partial charge in [-0.1, -0.05) is 19.1 Å². The normalized spacial score (nSPS) is 25.9. The topological polar surface area (TPSA) is 49.8 Å². The predicted octanol–water partition coefficient (Wildman–Crippen LogP) is 2.25. The number of nitrogens with zero attached hydrogens (tertiary/aromatic N) is 1. The predicted molar refractivity (Wildman–Crippen MR) is 75.6 cm³/mol. The van der Waals surface area contributed by atoms with E-state index in [0.717, 1.165) is 5.56 Å². The maximum absolute atomic E-state index is 13.0. The van der Waals surface area contributed by atoms with Crippen LogP contribution in [-0.4, -0.2) is 65.4 Å². The molecule has 1 N–H and O–H groups in total. The molecule has 0 radical (unpaired) electrons. The van der Waals surface area contributed by atoms with Crippen LogP contribution in [0, 0.1) is 11.7 Å². The maximum atomic E-state index is 13.0. The summed E-state index contributed by atoms with van der Waals surface area (Å²) in [6.07, 6.45) is -0.336. The van der Waals surface area contributed by atoms with Crippen molar-refractivity contribution in [2.45, 2.75) is 25.5 Å². The number of methoxy groups -OCH3 is 1. The summed E-state index contributed by atoms with van der Waals surface area (Å²) in [4.78, 5) is 12.8. The molecule has 3 atom stereocenters. The van der Waals surface area contributed by atoms with E-state index in [2.05, 4.69) is 0 Å². The van der Waals surface area contributed by atoms with Crippen LogP contribution in [0.25, 0.3) is 0 Å². The van der Waals surface area contributed by atoms with Gasteiger partial charge in [-0.25, -0.2) is 9.18 Å². The quantitative estimate of drug-likeness (QED) is 0.850. The van der Waals surface area contributed by atoms with E-state index in [1.165, 1.54) is 17.0 Å². The van der Waals surface area contributed by atoms with E-state index in [4.69, 9.17) is 4.74 Å². The molecular weight excluding hydrogens is 272 g/mol. The second-order valence-corrected chi connectivity index (χ2v) is 4.99. The minimum absolute atomic E-state index is 0. The van der Waals surface area contributed by atoms with Crippen molar-refractivity contribution in [1.29, 1.82) is 0 Å². The molecule has 6 heteroatoms. The zero-order valence-electron chi connectivity index (χ0n) is 11.0. The first kappa shape index (κ1) is 17.4. The van der Waals surface area contributed by atoms with E-state index in [9.17, 15) is 14.3 Å². The number of ether oxygens (including phenoxy) is 1. The number of carboxylic acid groups (broad SMARTS) is 1. The van der Waals surface area contributed by atoms with Crippen LogP contribution >= 0.6 is 0 Å². The van der Waals surface area contributed by atoms with Gasteiger partial charge in [0, 0.05) is 19.6 Å². The van der Waals surface area contributed by atoms with Crippen LogP contribution in [0.15, 0.2) is 24.3 Å². The number of piperidine rings is 1. The van der Waals surface area contributed by atoms with Crippen molar-refractivity contribution in [3.63, 3.8) is 0 Å². The Morgan fingerprint density at radius 2 is 2.00 bits per heavy atom. The number of halogens is 1. The average molecular weight is 291 g/mol. The molecule has 1 fully saturated rings. The summed E-state index contributed by atoms with van der Waals surface area (Å²) < 4.78 is 18.4. The number of hydrogen-bond acceptors (Lipinski definition) is 2. The van der Waals surface area contributed by atoms with Gasteiger partial charge < -0.3 is 14.7 Å². The Bertz CT molecular complexity index is 454. The zero-order valence-corrected chi connectivity index (χ0v) is 11.0. The van der Waals surface area contributed by atoms with E-state index in [-0.39, 0.29) is 53.4 Å². The molecule has 106 valence electrons. The van der Waals surface area contributed by atoms with Gasteiger partial charge in [0.25, 0.3) is 0 Å². The van der Waals surface area contributed by atoms with Crippen LogP contribution in [0.3, 0.4) is 0 Å². The summed E-state index contributed by atoms with van der Waals surface area (Å²) in [6, 6.07) is 5.71. The number of rotatable bonds is 2. The number of amides is 1. The Hall–Kier alpha value is -0.620. The Labute approximate surface area is 140 Å². The average Bonchev–Trinajstić information content (AvgIpc) is 2.39. The molecular formula is C14H19FNNaO3. The van der Waals surface area contributed by atoms with E-state index < -0.39 is 6.09 Å². The number of likely N-dealkylation sites (tertiary alicyclic amines) is 1. The number of carbonyl (C=O) groups is 1. The van der Waals surface area contributed by atoms with Gasteiger partial charge in [0.2, 0.25) is 0 Å². The summed E-state index contributed by atoms with van der Waals surface area (Å²) in [5.41, 5.74) is 0.803. The molecule has 1 saturated heterocycles. The third-order valence-electron chi connectivity index (χ3n) is 3.75. The van der Waals surface area contributed by atoms with E-state index in [1.54, 1.807) is 19.2 Å². The summed E-state index contributed by atoms with van der Waals surface area (Å²) in [5.74, 6) is -0.170. The van der Waals surface area contributed by atoms with Gasteiger partial charge in [0.05, 0.1) is 12.1 Å². The van der Waals surface area contributed by atoms with Crippen molar-refractivity contribution >= 4 is 35.7 Å². The van der Waals surface area contributed by atoms with Crippen molar-refractivity contribution in [1.82, 2.24) is 4.90 Å². The molecule has 1 aromatic carbocycles. The third-order valence-corrected chi connectivity index (χ3v) is 3.75. The van der Waals surface area contributed by atoms with Gasteiger partial charge in [-0.15, -0.1) is 0 Å². The van der Waals surface area contributed by atoms with Crippen molar-refractivity contribution < 1.29 is 19.0 Å². The van der Waals surface area contributed by atoms with Crippen molar-refractivity contribution in [2.24, 2.45) is 5.92 Å². The van der Waals surface area contributed by atoms with Crippen LogP contribution in [0.1, 0.15) is 24.9 Å². The van der Waals surface area contributed by atoms with Crippen LogP contribution in [0.4, 0.5) is 9.18 Å². The summed E-state index contributed by atoms with van der Waals surface area (Å²) in [5, 5.41) is 9.31. The van der Waals surface area contributed by atoms with Gasteiger partial charge in [-0.05, 0) is 24.1 Å². The fraction of sp³-hybridized carbons (Fsp3) is 0.500. The Morgan fingerprint density at radius 1 is 1.40 bits per heavy atom. The molecule has 20 heavy (non-hydrogen) atoms. The first-order valence-electron chi connectivity index (χ1n) is 6.30. The van der Waals surface area contributed by atoms with Gasteiger partial charge >= 0.3 is 35.7 Å². The molecule has 2 rings (SSSR count). The second-order valence-electron chi connectivity index (χ2n) is 4.99. The molecule has 0 spiro atoms. The molecule has 1 aliphatic heterocycles. The number of hydrogen-bond donors (Lipinski definition) is 1. The van der Waals surface area contributed by atoms with Crippen LogP contribution in [-0.2, 0) is 4.74 Å². The molecule has 4 nitrogen and oxygen atoms in total. The van der Waals surface area contributed by atoms with Crippen molar-refractivity contribution in [3.05, 3.63) is 35.6 Å². The summed E-state index contributed by atoms with van der Waals surface area (Å²) >= 11 is 0. The summed E-state index contributed by atoms with van der Waals surface area (Å²) in [6.45, 7) is 2.40. The van der Waals surface area contributed by atoms with Crippen LogP contribution in [0.5, 0.6) is 0 Å². The molecule has 0 saturated carbocycles. The van der Waals surface area contributed by atoms with Crippen LogP contribution < -0.4 is 0 Å². The fourth-order valence-corrected chi connectivity index (χ4v) is 2.68. The van der Waals surface area contributed by atoms with E-state index in [0.29, 0.717) is 13.0 Å². The third kappa shape index (κ3) is 3.73. The molecule has 1 heterocycles. The minimum atomic E-state index is -0.948. The molecule has 1 aliphatic rings.